The van der Waals surface area contributed by atoms with Gasteiger partial charge in [-0.3, -0.25) is 14.4 Å². The van der Waals surface area contributed by atoms with Crippen molar-refractivity contribution in [2.45, 2.75) is 354 Å². The molecular formula is C94H134N6O50. The number of ether oxygens (including phenoxy) is 23. The summed E-state index contributed by atoms with van der Waals surface area (Å²) < 4.78 is 147. The Hall–Kier alpha value is -7.28. The van der Waals surface area contributed by atoms with Crippen LogP contribution in [0.5, 0.6) is 0 Å². The standard InChI is InChI=1S/C94H134N6O50/c1-38(107)96-55-66(118)58(110)45(24-101)135-86(55)148-83-70(122)62(114)49(28-105)139-93(83)147-81-65(117)52(36-132-88-74(126)80(146-94-84(71(123)63(115)50(29-106)140-94)150-90-73(125)68(120)60(112)47(26-103)137-90)64(116)51(141-88)37-133-92-82(69(121)61(113)48(27-104)138-92)149-89-72(124)67(119)59(111)46(25-102)136-89)142-91(75(81)127)145-77-54(35-129-31-42-18-10-5-11-19-42)143-87(57(98-40(3)109)79(77)131-33-44-22-14-7-15-23-44)144-76-53(34-128-30-41-16-8-4-9-17-41)134-85(99-100-95)56(97-39(2)108)78(76)130-32-43-20-12-6-13-21-43/h4-23,45-94,101-106,110-127H,24-37H2,1-3H3,(H,96,107)(H,97,108)(H,98,109)/t45-,46-,47-,48-,49-,50-,51-,52-,53-,54-,55-,56-,57-,58-,59-,60-,61-,62-,63-,64-,65-,66-,67+,68+,69+,70+,71+,72+,73+,74+,75+,76-,77-,78-,79-,80+,81+,82+,83+,84+,85-,86+,87+,88+,89-,90-,91+,92+,93-,94-/m1/s1. The van der Waals surface area contributed by atoms with E-state index in [0.29, 0.717) is 22.3 Å². The molecule has 50 atom stereocenters. The van der Waals surface area contributed by atoms with E-state index in [1.165, 1.54) is 6.92 Å². The summed E-state index contributed by atoms with van der Waals surface area (Å²) in [7, 11) is 0. The lowest BCUT2D eigenvalue weighted by Crippen LogP contribution is -2.71. The Bertz CT molecular complexity index is 4790. The van der Waals surface area contributed by atoms with E-state index in [1.54, 1.807) is 121 Å². The lowest BCUT2D eigenvalue weighted by molar-refractivity contribution is -0.400. The Labute approximate surface area is 855 Å². The molecule has 56 nitrogen and oxygen atoms in total. The molecule has 10 fully saturated rings. The average Bonchev–Trinajstić information content (AvgIpc) is 0.625. The first-order chi connectivity index (χ1) is 72.0. The lowest BCUT2D eigenvalue weighted by Gasteiger charge is -2.52. The van der Waals surface area contributed by atoms with Gasteiger partial charge in [0.05, 0.1) is 98.5 Å². The van der Waals surface area contributed by atoms with Gasteiger partial charge in [-0.05, 0) is 27.8 Å². The van der Waals surface area contributed by atoms with Crippen molar-refractivity contribution in [3.8, 4) is 0 Å². The maximum atomic E-state index is 14.5. The SMILES string of the molecule is CC(=O)N[C@@H]1[C@@H](OCc2ccccc2)[C@H](O[C@@H]2O[C@H](COCc3ccccc3)[C@@H](O[C@@H]3O[C@H](CO[C@H]4O[C@H](CO[C@H]5O[C@H](CO)[C@@H](O)[C@H](O)[C@@H]5O[C@H]5O[C@H](CO)[C@@H](O)[C@H](O)[C@@H]5O)[C@@H](O)[C@H](O[C@H]5O[C@H](CO)[C@@H](O)[C@H](O)[C@@H]5O[C@H]5O[C@H](CO)[C@@H](O)[C@H](O)[C@@H]5O)[C@@H]4O)[C@@H](O)[C@H](O[C@H]4O[C@H](CO)[C@@H](O)[C@H](O)[C@@H]4O[C@@H]4O[C@H](CO)[C@@H](O)[C@H](O)[C@H]4NC(C)=O)[C@@H]3O)[C@H](OCc3ccccc3)[C@H]2NC(C)=O)[C@@H](COCc2ccccc2)O[C@H]1N=[N+]=[N-]. The molecule has 3 amide bonds. The fourth-order valence-electron chi connectivity index (χ4n) is 19.1. The minimum Gasteiger partial charge on any atom is -0.394 e. The number of nitrogens with zero attached hydrogens (tertiary/aromatic N) is 3. The van der Waals surface area contributed by atoms with Crippen LogP contribution in [0.2, 0.25) is 0 Å². The molecule has 56 heteroatoms. The summed E-state index contributed by atoms with van der Waals surface area (Å²) in [6.07, 6.45) is -98.8. The largest absolute Gasteiger partial charge is 0.394 e. The molecule has 0 aliphatic carbocycles. The minimum atomic E-state index is -2.59. The smallest absolute Gasteiger partial charge is 0.217 e. The molecule has 0 bridgehead atoms. The average molecular weight is 2150 g/mol. The highest BCUT2D eigenvalue weighted by molar-refractivity contribution is 5.74. The molecule has 0 spiro atoms. The van der Waals surface area contributed by atoms with Crippen LogP contribution in [0.25, 0.3) is 10.4 Å². The molecule has 0 unspecified atom stereocenters. The number of hydrogen-bond donors (Lipinski definition) is 27. The molecule has 0 radical (unpaired) electrons. The van der Waals surface area contributed by atoms with Crippen molar-refractivity contribution in [2.24, 2.45) is 5.11 Å². The van der Waals surface area contributed by atoms with Gasteiger partial charge in [0, 0.05) is 25.7 Å². The predicted octanol–water partition coefficient (Wildman–Crippen LogP) is -12.2. The molecule has 10 saturated heterocycles. The second-order valence-electron chi connectivity index (χ2n) is 37.7. The van der Waals surface area contributed by atoms with Crippen LogP contribution < -0.4 is 16.0 Å². The van der Waals surface area contributed by atoms with Crippen molar-refractivity contribution in [1.29, 1.82) is 0 Å². The van der Waals surface area contributed by atoms with Crippen molar-refractivity contribution < 1.29 is 246 Å². The predicted molar refractivity (Wildman–Crippen MR) is 487 cm³/mol. The van der Waals surface area contributed by atoms with Gasteiger partial charge in [0.2, 0.25) is 17.7 Å². The normalized spacial score (nSPS) is 42.5. The summed E-state index contributed by atoms with van der Waals surface area (Å²) in [6.45, 7) is -7.64. The molecule has 4 aromatic rings. The van der Waals surface area contributed by atoms with Gasteiger partial charge in [-0.25, -0.2) is 0 Å². The summed E-state index contributed by atoms with van der Waals surface area (Å²) in [6, 6.07) is 29.5. The second kappa shape index (κ2) is 55.1. The Kier molecular flexibility index (Phi) is 43.4. The van der Waals surface area contributed by atoms with Gasteiger partial charge < -0.3 is 247 Å². The molecule has 0 aromatic heterocycles. The number of carbonyl (C=O) groups is 3. The number of carbonyl (C=O) groups excluding carboxylic acids is 3. The first kappa shape index (κ1) is 118. The molecule has 10 aliphatic heterocycles. The van der Waals surface area contributed by atoms with Crippen LogP contribution in [0.1, 0.15) is 43.0 Å². The third-order valence-corrected chi connectivity index (χ3v) is 27.2. The van der Waals surface area contributed by atoms with Crippen molar-refractivity contribution in [2.75, 3.05) is 66.1 Å². The number of aliphatic hydroxyl groups excluding tert-OH is 24. The van der Waals surface area contributed by atoms with E-state index < -0.39 is 397 Å². The maximum Gasteiger partial charge on any atom is 0.217 e. The number of rotatable bonds is 44. The van der Waals surface area contributed by atoms with E-state index in [9.17, 15) is 142 Å². The minimum absolute atomic E-state index is 0.0504. The molecule has 4 aromatic carbocycles. The van der Waals surface area contributed by atoms with Crippen molar-refractivity contribution in [3.05, 3.63) is 154 Å². The van der Waals surface area contributed by atoms with E-state index in [1.807, 2.05) is 0 Å². The number of amides is 3. The summed E-state index contributed by atoms with van der Waals surface area (Å²) in [4.78, 5) is 44.0. The summed E-state index contributed by atoms with van der Waals surface area (Å²) in [5, 5.41) is 286. The zero-order valence-electron chi connectivity index (χ0n) is 81.0. The number of benzene rings is 4. The molecule has 0 saturated carbocycles. The van der Waals surface area contributed by atoms with Crippen molar-refractivity contribution in [1.82, 2.24) is 16.0 Å². The monoisotopic (exact) mass is 2150 g/mol. The highest BCUT2D eigenvalue weighted by Crippen LogP contribution is 2.43. The van der Waals surface area contributed by atoms with Crippen LogP contribution in [0.3, 0.4) is 0 Å². The molecular weight excluding hydrogens is 2010 g/mol. The zero-order valence-corrected chi connectivity index (χ0v) is 81.0. The second-order valence-corrected chi connectivity index (χ2v) is 37.7. The van der Waals surface area contributed by atoms with E-state index in [0.717, 1.165) is 13.8 Å². The Balaban J connectivity index is 0.878. The number of hydrogen-bond acceptors (Lipinski definition) is 51. The first-order valence-corrected chi connectivity index (χ1v) is 48.7. The summed E-state index contributed by atoms with van der Waals surface area (Å²) in [5.74, 6) is -2.37. The van der Waals surface area contributed by atoms with E-state index in [2.05, 4.69) is 26.0 Å². The van der Waals surface area contributed by atoms with Crippen LogP contribution in [-0.4, -0.2) is 513 Å². The van der Waals surface area contributed by atoms with Crippen LogP contribution in [0, 0.1) is 0 Å². The van der Waals surface area contributed by atoms with Gasteiger partial charge in [0.25, 0.3) is 0 Å². The van der Waals surface area contributed by atoms with Crippen molar-refractivity contribution >= 4 is 17.7 Å². The van der Waals surface area contributed by atoms with Crippen LogP contribution in [0.15, 0.2) is 126 Å². The molecule has 27 N–H and O–H groups in total. The highest BCUT2D eigenvalue weighted by Gasteiger charge is 2.63. The third-order valence-electron chi connectivity index (χ3n) is 27.2. The van der Waals surface area contributed by atoms with E-state index >= 15 is 0 Å². The van der Waals surface area contributed by atoms with Crippen LogP contribution >= 0.6 is 0 Å². The van der Waals surface area contributed by atoms with Gasteiger partial charge in [-0.1, -0.05) is 126 Å². The van der Waals surface area contributed by atoms with Gasteiger partial charge in [0.15, 0.2) is 62.8 Å². The topological polar surface area (TPSA) is 834 Å². The molecule has 840 valence electrons. The third kappa shape index (κ3) is 28.3. The zero-order chi connectivity index (χ0) is 108. The summed E-state index contributed by atoms with van der Waals surface area (Å²) >= 11 is 0. The number of azide groups is 1. The number of aliphatic hydroxyl groups is 24. The summed E-state index contributed by atoms with van der Waals surface area (Å²) in [5.41, 5.74) is 12.5. The fourth-order valence-corrected chi connectivity index (χ4v) is 19.1. The molecule has 150 heavy (non-hydrogen) atoms. The van der Waals surface area contributed by atoms with Crippen molar-refractivity contribution in [3.63, 3.8) is 0 Å². The van der Waals surface area contributed by atoms with Crippen LogP contribution in [0.4, 0.5) is 0 Å². The molecule has 10 heterocycles. The van der Waals surface area contributed by atoms with Gasteiger partial charge in [0.1, 0.15) is 238 Å². The Morgan fingerprint density at radius 2 is 0.540 bits per heavy atom. The molecule has 14 rings (SSSR count). The van der Waals surface area contributed by atoms with Gasteiger partial charge >= 0.3 is 0 Å². The van der Waals surface area contributed by atoms with Gasteiger partial charge in [-0.2, -0.15) is 0 Å². The molecule has 10 aliphatic rings. The van der Waals surface area contributed by atoms with Gasteiger partial charge in [-0.15, -0.1) is 0 Å². The fraction of sp³-hybridized carbons (Fsp3) is 0.713. The van der Waals surface area contributed by atoms with E-state index in [4.69, 9.17) is 109 Å². The van der Waals surface area contributed by atoms with Crippen LogP contribution in [-0.2, 0) is 150 Å². The Morgan fingerprint density at radius 1 is 0.260 bits per heavy atom. The quantitative estimate of drug-likeness (QED) is 0.0111. The van der Waals surface area contributed by atoms with E-state index in [-0.39, 0.29) is 19.8 Å². The lowest BCUT2D eigenvalue weighted by atomic mass is 9.93. The number of nitrogens with one attached hydrogen (secondary N) is 3. The first-order valence-electron chi connectivity index (χ1n) is 48.7. The highest BCUT2D eigenvalue weighted by atomic mass is 16.8. The Morgan fingerprint density at radius 3 is 0.947 bits per heavy atom. The maximum absolute atomic E-state index is 14.5.